The second-order valence-electron chi connectivity index (χ2n) is 7.59. The smallest absolute Gasteiger partial charge is 0.270 e. The van der Waals surface area contributed by atoms with E-state index in [1.54, 1.807) is 17.0 Å². The average Bonchev–Trinajstić information content (AvgIpc) is 2.84. The van der Waals surface area contributed by atoms with Crippen LogP contribution in [0.5, 0.6) is 0 Å². The lowest BCUT2D eigenvalue weighted by atomic mass is 9.96. The van der Waals surface area contributed by atoms with Crippen LogP contribution in [0.1, 0.15) is 29.8 Å². The minimum Gasteiger partial charge on any atom is -0.338 e. The summed E-state index contributed by atoms with van der Waals surface area (Å²) in [5.74, 6) is -0.502. The van der Waals surface area contributed by atoms with Gasteiger partial charge in [0.05, 0.1) is 0 Å². The second kappa shape index (κ2) is 9.48. The zero-order chi connectivity index (χ0) is 22.5. The Hall–Kier alpha value is -3.92. The summed E-state index contributed by atoms with van der Waals surface area (Å²) in [7, 11) is 0. The third-order valence-corrected chi connectivity index (χ3v) is 5.67. The Labute approximate surface area is 188 Å². The highest BCUT2D eigenvalue weighted by Crippen LogP contribution is 2.30. The number of carbonyl (C=O) groups excluding carboxylic acids is 2. The Balaban J connectivity index is 1.90. The number of benzene rings is 4. The molecule has 0 saturated carbocycles. The molecular formula is C28H26N2O2. The fourth-order valence-corrected chi connectivity index (χ4v) is 3.97. The minimum absolute atomic E-state index is 0.198. The van der Waals surface area contributed by atoms with Crippen LogP contribution in [0, 0.1) is 0 Å². The number of nitrogens with zero attached hydrogens (tertiary/aromatic N) is 1. The Kier molecular flexibility index (Phi) is 6.31. The summed E-state index contributed by atoms with van der Waals surface area (Å²) < 4.78 is 0. The van der Waals surface area contributed by atoms with Gasteiger partial charge in [-0.25, -0.2) is 0 Å². The van der Waals surface area contributed by atoms with E-state index in [1.807, 2.05) is 74.5 Å². The van der Waals surface area contributed by atoms with Crippen LogP contribution in [0.25, 0.3) is 27.6 Å². The van der Waals surface area contributed by atoms with Crippen LogP contribution >= 0.6 is 0 Å². The van der Waals surface area contributed by atoms with Crippen LogP contribution in [0.3, 0.4) is 0 Å². The van der Waals surface area contributed by atoms with E-state index in [2.05, 4.69) is 23.5 Å². The standard InChI is InChI=1S/C28H26N2O2/c1-3-30(4-2)28(32)26(29-27(31)20-12-6-5-7-13-20)19-25-23-16-10-8-14-21(23)18-22-15-9-11-17-24(22)25/h5-19H,3-4H2,1-2H3,(H,29,31). The number of nitrogens with one attached hydrogen (secondary N) is 1. The monoisotopic (exact) mass is 422 g/mol. The van der Waals surface area contributed by atoms with Gasteiger partial charge in [-0.1, -0.05) is 66.7 Å². The lowest BCUT2D eigenvalue weighted by Gasteiger charge is -2.21. The van der Waals surface area contributed by atoms with E-state index >= 15 is 0 Å². The number of likely N-dealkylation sites (N-methyl/N-ethyl adjacent to an activating group) is 1. The molecule has 0 radical (unpaired) electrons. The van der Waals surface area contributed by atoms with Gasteiger partial charge in [0.25, 0.3) is 11.8 Å². The van der Waals surface area contributed by atoms with E-state index in [0.717, 1.165) is 27.1 Å². The van der Waals surface area contributed by atoms with Crippen LogP contribution in [-0.4, -0.2) is 29.8 Å². The Bertz CT molecular complexity index is 1250. The third kappa shape index (κ3) is 4.26. The normalized spacial score (nSPS) is 11.5. The van der Waals surface area contributed by atoms with Crippen molar-refractivity contribution >= 4 is 39.4 Å². The van der Waals surface area contributed by atoms with Crippen molar-refractivity contribution in [2.75, 3.05) is 13.1 Å². The highest BCUT2D eigenvalue weighted by Gasteiger charge is 2.20. The van der Waals surface area contributed by atoms with Gasteiger partial charge in [0.2, 0.25) is 0 Å². The summed E-state index contributed by atoms with van der Waals surface area (Å²) in [5.41, 5.74) is 1.69. The van der Waals surface area contributed by atoms with Crippen LogP contribution in [0.15, 0.2) is 90.6 Å². The number of hydrogen-bond acceptors (Lipinski definition) is 2. The summed E-state index contributed by atoms with van der Waals surface area (Å²) in [6.45, 7) is 4.99. The fraction of sp³-hybridized carbons (Fsp3) is 0.143. The van der Waals surface area contributed by atoms with Crippen molar-refractivity contribution in [1.29, 1.82) is 0 Å². The summed E-state index contributed by atoms with van der Waals surface area (Å²) >= 11 is 0. The molecule has 4 rings (SSSR count). The van der Waals surface area contributed by atoms with E-state index in [9.17, 15) is 9.59 Å². The molecule has 2 amide bonds. The summed E-state index contributed by atoms with van der Waals surface area (Å²) in [6, 6.07) is 27.3. The molecule has 0 saturated heterocycles. The SMILES string of the molecule is CCN(CC)C(=O)C(=Cc1c2ccccc2cc2ccccc12)NC(=O)c1ccccc1. The predicted molar refractivity (Wildman–Crippen MR) is 131 cm³/mol. The molecule has 4 aromatic carbocycles. The number of fused-ring (bicyclic) bond motifs is 2. The van der Waals surface area contributed by atoms with Crippen LogP contribution < -0.4 is 5.32 Å². The number of rotatable bonds is 6. The first kappa shape index (κ1) is 21.3. The minimum atomic E-state index is -0.304. The Morgan fingerprint density at radius 3 is 1.88 bits per heavy atom. The van der Waals surface area contributed by atoms with E-state index in [1.165, 1.54) is 0 Å². The van der Waals surface area contributed by atoms with E-state index in [-0.39, 0.29) is 17.5 Å². The number of amides is 2. The Morgan fingerprint density at radius 1 is 0.781 bits per heavy atom. The molecule has 0 aliphatic rings. The molecule has 0 spiro atoms. The summed E-state index contributed by atoms with van der Waals surface area (Å²) in [5, 5.41) is 7.13. The molecule has 0 atom stereocenters. The maximum absolute atomic E-state index is 13.4. The molecule has 0 unspecified atom stereocenters. The molecule has 32 heavy (non-hydrogen) atoms. The number of carbonyl (C=O) groups is 2. The molecule has 0 heterocycles. The van der Waals surface area contributed by atoms with Gasteiger partial charge < -0.3 is 10.2 Å². The van der Waals surface area contributed by atoms with Crippen LogP contribution in [-0.2, 0) is 4.79 Å². The Morgan fingerprint density at radius 2 is 1.31 bits per heavy atom. The lowest BCUT2D eigenvalue weighted by molar-refractivity contribution is -0.127. The van der Waals surface area contributed by atoms with Gasteiger partial charge in [-0.2, -0.15) is 0 Å². The maximum atomic E-state index is 13.4. The van der Waals surface area contributed by atoms with Crippen molar-refractivity contribution in [3.63, 3.8) is 0 Å². The molecule has 4 aromatic rings. The van der Waals surface area contributed by atoms with E-state index < -0.39 is 0 Å². The topological polar surface area (TPSA) is 49.4 Å². The first-order chi connectivity index (χ1) is 15.6. The van der Waals surface area contributed by atoms with Gasteiger partial charge in [-0.15, -0.1) is 0 Å². The predicted octanol–water partition coefficient (Wildman–Crippen LogP) is 5.63. The lowest BCUT2D eigenvalue weighted by Crippen LogP contribution is -2.38. The number of hydrogen-bond donors (Lipinski definition) is 1. The van der Waals surface area contributed by atoms with Crippen molar-refractivity contribution in [2.24, 2.45) is 0 Å². The second-order valence-corrected chi connectivity index (χ2v) is 7.59. The zero-order valence-corrected chi connectivity index (χ0v) is 18.3. The van der Waals surface area contributed by atoms with Crippen molar-refractivity contribution in [2.45, 2.75) is 13.8 Å². The molecule has 0 aromatic heterocycles. The van der Waals surface area contributed by atoms with Crippen molar-refractivity contribution in [3.8, 4) is 0 Å². The van der Waals surface area contributed by atoms with Gasteiger partial charge in [-0.3, -0.25) is 9.59 Å². The molecule has 1 N–H and O–H groups in total. The molecule has 0 fully saturated rings. The largest absolute Gasteiger partial charge is 0.338 e. The highest BCUT2D eigenvalue weighted by atomic mass is 16.2. The van der Waals surface area contributed by atoms with Crippen LogP contribution in [0.2, 0.25) is 0 Å². The fourth-order valence-electron chi connectivity index (χ4n) is 3.97. The van der Waals surface area contributed by atoms with Gasteiger partial charge in [0.1, 0.15) is 5.70 Å². The highest BCUT2D eigenvalue weighted by molar-refractivity contribution is 6.11. The van der Waals surface area contributed by atoms with E-state index in [0.29, 0.717) is 18.7 Å². The summed E-state index contributed by atoms with van der Waals surface area (Å²) in [6.07, 6.45) is 1.83. The molecule has 160 valence electrons. The molecule has 0 aliphatic heterocycles. The zero-order valence-electron chi connectivity index (χ0n) is 18.3. The third-order valence-electron chi connectivity index (χ3n) is 5.67. The molecular weight excluding hydrogens is 396 g/mol. The van der Waals surface area contributed by atoms with Crippen molar-refractivity contribution in [3.05, 3.63) is 102 Å². The molecule has 4 nitrogen and oxygen atoms in total. The first-order valence-corrected chi connectivity index (χ1v) is 10.9. The molecule has 0 aliphatic carbocycles. The van der Waals surface area contributed by atoms with Crippen molar-refractivity contribution in [1.82, 2.24) is 10.2 Å². The molecule has 4 heteroatoms. The van der Waals surface area contributed by atoms with Gasteiger partial charge >= 0.3 is 0 Å². The van der Waals surface area contributed by atoms with Crippen molar-refractivity contribution < 1.29 is 9.59 Å². The van der Waals surface area contributed by atoms with E-state index in [4.69, 9.17) is 0 Å². The average molecular weight is 423 g/mol. The maximum Gasteiger partial charge on any atom is 0.270 e. The summed E-state index contributed by atoms with van der Waals surface area (Å²) in [4.78, 5) is 28.1. The van der Waals surface area contributed by atoms with Gasteiger partial charge in [0.15, 0.2) is 0 Å². The molecule has 0 bridgehead atoms. The van der Waals surface area contributed by atoms with Gasteiger partial charge in [0, 0.05) is 18.7 Å². The quantitative estimate of drug-likeness (QED) is 0.323. The first-order valence-electron chi connectivity index (χ1n) is 10.9. The van der Waals surface area contributed by atoms with Gasteiger partial charge in [-0.05, 0) is 65.2 Å². The van der Waals surface area contributed by atoms with Crippen LogP contribution in [0.4, 0.5) is 0 Å².